The van der Waals surface area contributed by atoms with Crippen LogP contribution in [0.2, 0.25) is 0 Å². The number of aryl methyl sites for hydroxylation is 1. The Hall–Kier alpha value is -2.16. The predicted octanol–water partition coefficient (Wildman–Crippen LogP) is 2.92. The maximum Gasteiger partial charge on any atom is 0.343 e. The topological polar surface area (TPSA) is 39.2 Å². The van der Waals surface area contributed by atoms with Crippen molar-refractivity contribution in [3.05, 3.63) is 59.4 Å². The van der Waals surface area contributed by atoms with Crippen LogP contribution in [0.4, 0.5) is 0 Å². The molecule has 0 aliphatic heterocycles. The molecule has 0 aliphatic carbocycles. The molecule has 0 N–H and O–H groups in total. The second-order valence-corrected chi connectivity index (χ2v) is 3.78. The number of rotatable bonds is 2. The fourth-order valence-corrected chi connectivity index (χ4v) is 1.46. The van der Waals surface area contributed by atoms with Gasteiger partial charge in [0.25, 0.3) is 0 Å². The van der Waals surface area contributed by atoms with Crippen molar-refractivity contribution in [3.8, 4) is 5.75 Å². The average Bonchev–Trinajstić information content (AvgIpc) is 2.36. The minimum Gasteiger partial charge on any atom is -0.423 e. The number of aromatic nitrogens is 1. The first-order valence-electron chi connectivity index (χ1n) is 5.38. The highest BCUT2D eigenvalue weighted by atomic mass is 16.5. The molecule has 0 amide bonds. The van der Waals surface area contributed by atoms with Crippen molar-refractivity contribution < 1.29 is 9.53 Å². The summed E-state index contributed by atoms with van der Waals surface area (Å²) in [4.78, 5) is 16.0. The zero-order chi connectivity index (χ0) is 12.3. The molecule has 2 rings (SSSR count). The average molecular weight is 227 g/mol. The molecule has 0 bridgehead atoms. The number of hydrogen-bond acceptors (Lipinski definition) is 3. The summed E-state index contributed by atoms with van der Waals surface area (Å²) < 4.78 is 5.33. The third kappa shape index (κ3) is 2.50. The Labute approximate surface area is 100 Å². The Morgan fingerprint density at radius 1 is 1.12 bits per heavy atom. The van der Waals surface area contributed by atoms with Gasteiger partial charge in [0.1, 0.15) is 5.75 Å². The van der Waals surface area contributed by atoms with Crippen molar-refractivity contribution in [1.29, 1.82) is 0 Å². The third-order valence-corrected chi connectivity index (χ3v) is 2.62. The number of carbonyl (C=O) groups is 1. The molecule has 0 saturated carbocycles. The molecule has 2 aromatic rings. The van der Waals surface area contributed by atoms with Gasteiger partial charge in [-0.2, -0.15) is 0 Å². The van der Waals surface area contributed by atoms with Crippen LogP contribution in [0.25, 0.3) is 0 Å². The second-order valence-electron chi connectivity index (χ2n) is 3.78. The molecule has 0 fully saturated rings. The van der Waals surface area contributed by atoms with Crippen LogP contribution in [0.15, 0.2) is 42.6 Å². The smallest absolute Gasteiger partial charge is 0.343 e. The summed E-state index contributed by atoms with van der Waals surface area (Å²) in [7, 11) is 0. The summed E-state index contributed by atoms with van der Waals surface area (Å²) in [6.07, 6.45) is 1.63. The van der Waals surface area contributed by atoms with Crippen molar-refractivity contribution in [2.45, 2.75) is 13.8 Å². The van der Waals surface area contributed by atoms with E-state index in [2.05, 4.69) is 4.98 Å². The number of carbonyl (C=O) groups excluding carboxylic acids is 1. The molecule has 3 nitrogen and oxygen atoms in total. The van der Waals surface area contributed by atoms with Crippen molar-refractivity contribution in [2.75, 3.05) is 0 Å². The van der Waals surface area contributed by atoms with Crippen LogP contribution in [0.1, 0.15) is 21.6 Å². The summed E-state index contributed by atoms with van der Waals surface area (Å²) in [5, 5.41) is 0. The number of hydrogen-bond donors (Lipinski definition) is 0. The highest BCUT2D eigenvalue weighted by Crippen LogP contribution is 2.19. The normalized spacial score (nSPS) is 10.0. The lowest BCUT2D eigenvalue weighted by Gasteiger charge is -2.08. The van der Waals surface area contributed by atoms with Gasteiger partial charge in [-0.25, -0.2) is 4.79 Å². The van der Waals surface area contributed by atoms with Crippen LogP contribution in [0, 0.1) is 13.8 Å². The SMILES string of the molecule is Cc1nccc(OC(=O)c2ccccc2)c1C. The van der Waals surface area contributed by atoms with E-state index < -0.39 is 0 Å². The molecule has 17 heavy (non-hydrogen) atoms. The van der Waals surface area contributed by atoms with E-state index in [0.29, 0.717) is 11.3 Å². The Morgan fingerprint density at radius 3 is 2.53 bits per heavy atom. The lowest BCUT2D eigenvalue weighted by Crippen LogP contribution is -2.09. The van der Waals surface area contributed by atoms with Crippen LogP contribution in [0.5, 0.6) is 5.75 Å². The van der Waals surface area contributed by atoms with Gasteiger partial charge in [-0.05, 0) is 32.0 Å². The molecular weight excluding hydrogens is 214 g/mol. The molecule has 0 atom stereocenters. The van der Waals surface area contributed by atoms with Gasteiger partial charge < -0.3 is 4.74 Å². The van der Waals surface area contributed by atoms with E-state index >= 15 is 0 Å². The molecule has 86 valence electrons. The molecular formula is C14H13NO2. The first kappa shape index (κ1) is 11.3. The Morgan fingerprint density at radius 2 is 1.82 bits per heavy atom. The van der Waals surface area contributed by atoms with E-state index in [-0.39, 0.29) is 5.97 Å². The van der Waals surface area contributed by atoms with E-state index in [1.165, 1.54) is 0 Å². The third-order valence-electron chi connectivity index (χ3n) is 2.62. The number of ether oxygens (including phenoxy) is 1. The van der Waals surface area contributed by atoms with E-state index in [9.17, 15) is 4.79 Å². The molecule has 1 aromatic carbocycles. The maximum absolute atomic E-state index is 11.8. The second kappa shape index (κ2) is 4.78. The van der Waals surface area contributed by atoms with Crippen molar-refractivity contribution in [3.63, 3.8) is 0 Å². The fourth-order valence-electron chi connectivity index (χ4n) is 1.46. The largest absolute Gasteiger partial charge is 0.423 e. The quantitative estimate of drug-likeness (QED) is 0.740. The standard InChI is InChI=1S/C14H13NO2/c1-10-11(2)15-9-8-13(10)17-14(16)12-6-4-3-5-7-12/h3-9H,1-2H3. The van der Waals surface area contributed by atoms with Gasteiger partial charge in [-0.3, -0.25) is 4.98 Å². The Balaban J connectivity index is 2.22. The number of esters is 1. The monoisotopic (exact) mass is 227 g/mol. The predicted molar refractivity (Wildman–Crippen MR) is 65.1 cm³/mol. The first-order chi connectivity index (χ1) is 8.18. The lowest BCUT2D eigenvalue weighted by atomic mass is 10.2. The van der Waals surface area contributed by atoms with Crippen LogP contribution < -0.4 is 4.74 Å². The number of nitrogens with zero attached hydrogens (tertiary/aromatic N) is 1. The Bertz CT molecular complexity index is 535. The molecule has 1 heterocycles. The highest BCUT2D eigenvalue weighted by Gasteiger charge is 2.10. The van der Waals surface area contributed by atoms with Gasteiger partial charge in [0.2, 0.25) is 0 Å². The van der Waals surface area contributed by atoms with E-state index in [4.69, 9.17) is 4.74 Å². The summed E-state index contributed by atoms with van der Waals surface area (Å²) in [6, 6.07) is 10.6. The molecule has 0 unspecified atom stereocenters. The van der Waals surface area contributed by atoms with Crippen molar-refractivity contribution >= 4 is 5.97 Å². The summed E-state index contributed by atoms with van der Waals surface area (Å²) in [6.45, 7) is 3.77. The van der Waals surface area contributed by atoms with Gasteiger partial charge in [0.05, 0.1) is 5.56 Å². The van der Waals surface area contributed by atoms with Crippen LogP contribution in [-0.4, -0.2) is 11.0 Å². The van der Waals surface area contributed by atoms with Gasteiger partial charge in [0, 0.05) is 17.5 Å². The highest BCUT2D eigenvalue weighted by molar-refractivity contribution is 5.91. The van der Waals surface area contributed by atoms with Crippen molar-refractivity contribution in [1.82, 2.24) is 4.98 Å². The van der Waals surface area contributed by atoms with Crippen LogP contribution in [0.3, 0.4) is 0 Å². The molecule has 0 radical (unpaired) electrons. The minimum atomic E-state index is -0.348. The molecule has 0 saturated heterocycles. The summed E-state index contributed by atoms with van der Waals surface area (Å²) in [5.74, 6) is 0.214. The zero-order valence-electron chi connectivity index (χ0n) is 9.81. The lowest BCUT2D eigenvalue weighted by molar-refractivity contribution is 0.0733. The van der Waals surface area contributed by atoms with Crippen LogP contribution >= 0.6 is 0 Å². The van der Waals surface area contributed by atoms with Crippen molar-refractivity contribution in [2.24, 2.45) is 0 Å². The molecule has 0 aliphatic rings. The molecule has 0 spiro atoms. The van der Waals surface area contributed by atoms with E-state index in [1.54, 1.807) is 36.5 Å². The number of benzene rings is 1. The van der Waals surface area contributed by atoms with Gasteiger partial charge in [-0.1, -0.05) is 18.2 Å². The maximum atomic E-state index is 11.8. The fraction of sp³-hybridized carbons (Fsp3) is 0.143. The van der Waals surface area contributed by atoms with Crippen LogP contribution in [-0.2, 0) is 0 Å². The van der Waals surface area contributed by atoms with Gasteiger partial charge >= 0.3 is 5.97 Å². The first-order valence-corrected chi connectivity index (χ1v) is 5.38. The Kier molecular flexibility index (Phi) is 3.19. The number of pyridine rings is 1. The van der Waals surface area contributed by atoms with E-state index in [1.807, 2.05) is 19.9 Å². The summed E-state index contributed by atoms with van der Waals surface area (Å²) in [5.41, 5.74) is 2.29. The summed E-state index contributed by atoms with van der Waals surface area (Å²) >= 11 is 0. The van der Waals surface area contributed by atoms with Gasteiger partial charge in [-0.15, -0.1) is 0 Å². The van der Waals surface area contributed by atoms with E-state index in [0.717, 1.165) is 11.3 Å². The minimum absolute atomic E-state index is 0.348. The molecule has 1 aromatic heterocycles. The molecule has 3 heteroatoms. The van der Waals surface area contributed by atoms with Gasteiger partial charge in [0.15, 0.2) is 0 Å². The zero-order valence-corrected chi connectivity index (χ0v) is 9.81.